The van der Waals surface area contributed by atoms with Gasteiger partial charge in [0.1, 0.15) is 11.5 Å². The Morgan fingerprint density at radius 3 is 2.62 bits per heavy atom. The van der Waals surface area contributed by atoms with Crippen molar-refractivity contribution in [1.29, 1.82) is 0 Å². The highest BCUT2D eigenvalue weighted by Gasteiger charge is 2.14. The molecular weight excluding hydrogens is 272 g/mol. The number of aryl methyl sites for hydroxylation is 1. The van der Waals surface area contributed by atoms with E-state index < -0.39 is 11.6 Å². The molecule has 0 unspecified atom stereocenters. The lowest BCUT2D eigenvalue weighted by Crippen LogP contribution is -2.02. The van der Waals surface area contributed by atoms with Gasteiger partial charge in [-0.3, -0.25) is 4.98 Å². The summed E-state index contributed by atoms with van der Waals surface area (Å²) >= 11 is 0. The fourth-order valence-electron chi connectivity index (χ4n) is 2.27. The molecule has 0 aliphatic carbocycles. The summed E-state index contributed by atoms with van der Waals surface area (Å²) in [5.74, 6) is -1.02. The van der Waals surface area contributed by atoms with Crippen LogP contribution in [0.2, 0.25) is 0 Å². The maximum Gasteiger partial charge on any atom is 0.150 e. The summed E-state index contributed by atoms with van der Waals surface area (Å²) in [6, 6.07) is 9.34. The van der Waals surface area contributed by atoms with Gasteiger partial charge in [0.25, 0.3) is 0 Å². The number of para-hydroxylation sites is 1. The van der Waals surface area contributed by atoms with Crippen molar-refractivity contribution in [3.8, 4) is 0 Å². The number of pyridine rings is 1. The molecule has 0 aliphatic heterocycles. The molecule has 0 spiro atoms. The quantitative estimate of drug-likeness (QED) is 0.695. The zero-order valence-corrected chi connectivity index (χ0v) is 11.3. The van der Waals surface area contributed by atoms with Gasteiger partial charge in [-0.05, 0) is 36.8 Å². The van der Waals surface area contributed by atoms with Gasteiger partial charge in [0.15, 0.2) is 5.82 Å². The smallest absolute Gasteiger partial charge is 0.150 e. The number of benzene rings is 2. The Kier molecular flexibility index (Phi) is 3.17. The van der Waals surface area contributed by atoms with Gasteiger partial charge >= 0.3 is 0 Å². The number of hydrogen-bond acceptors (Lipinski definition) is 3. The summed E-state index contributed by atoms with van der Waals surface area (Å²) in [5.41, 5.74) is 7.49. The van der Waals surface area contributed by atoms with Crippen LogP contribution in [-0.2, 0) is 0 Å². The first-order chi connectivity index (χ1) is 10.1. The van der Waals surface area contributed by atoms with Crippen LogP contribution in [0.1, 0.15) is 5.56 Å². The van der Waals surface area contributed by atoms with Crippen molar-refractivity contribution in [3.05, 3.63) is 59.8 Å². The molecule has 0 saturated carbocycles. The van der Waals surface area contributed by atoms with Gasteiger partial charge in [-0.2, -0.15) is 0 Å². The summed E-state index contributed by atoms with van der Waals surface area (Å²) < 4.78 is 28.1. The van der Waals surface area contributed by atoms with Crippen molar-refractivity contribution in [1.82, 2.24) is 4.98 Å². The number of nitrogen functional groups attached to an aromatic ring is 1. The van der Waals surface area contributed by atoms with Gasteiger partial charge in [-0.1, -0.05) is 12.1 Å². The number of anilines is 3. The molecule has 0 radical (unpaired) electrons. The second kappa shape index (κ2) is 5.01. The molecule has 0 amide bonds. The minimum Gasteiger partial charge on any atom is -0.398 e. The number of nitrogens with zero attached hydrogens (tertiary/aromatic N) is 1. The zero-order chi connectivity index (χ0) is 15.0. The maximum atomic E-state index is 14.2. The van der Waals surface area contributed by atoms with Gasteiger partial charge in [-0.25, -0.2) is 8.78 Å². The lowest BCUT2D eigenvalue weighted by Gasteiger charge is -2.14. The first-order valence-electron chi connectivity index (χ1n) is 6.43. The average Bonchev–Trinajstić information content (AvgIpc) is 2.46. The topological polar surface area (TPSA) is 50.9 Å². The Hall–Kier alpha value is -2.69. The van der Waals surface area contributed by atoms with E-state index in [0.29, 0.717) is 22.2 Å². The number of nitrogens with two attached hydrogens (primary N) is 1. The lowest BCUT2D eigenvalue weighted by molar-refractivity contribution is 0.626. The standard InChI is InChI=1S/C16H13F2N3/c1-9-4-2-6-11(17)14(9)21-16-12(18)8-13(19)10-5-3-7-20-15(10)16/h2-8,21H,19H2,1H3. The van der Waals surface area contributed by atoms with Crippen LogP contribution in [0.4, 0.5) is 25.8 Å². The summed E-state index contributed by atoms with van der Waals surface area (Å²) in [7, 11) is 0. The molecule has 0 bridgehead atoms. The van der Waals surface area contributed by atoms with E-state index in [0.717, 1.165) is 0 Å². The molecule has 1 aromatic heterocycles. The van der Waals surface area contributed by atoms with Crippen LogP contribution in [0, 0.1) is 18.6 Å². The lowest BCUT2D eigenvalue weighted by atomic mass is 10.1. The van der Waals surface area contributed by atoms with Crippen LogP contribution < -0.4 is 11.1 Å². The summed E-state index contributed by atoms with van der Waals surface area (Å²) in [4.78, 5) is 4.15. The van der Waals surface area contributed by atoms with Gasteiger partial charge in [0, 0.05) is 17.3 Å². The largest absolute Gasteiger partial charge is 0.398 e. The molecule has 0 aliphatic rings. The maximum absolute atomic E-state index is 14.2. The molecule has 1 heterocycles. The predicted molar refractivity (Wildman–Crippen MR) is 80.5 cm³/mol. The number of halogens is 2. The normalized spacial score (nSPS) is 10.8. The number of fused-ring (bicyclic) bond motifs is 1. The zero-order valence-electron chi connectivity index (χ0n) is 11.3. The van der Waals surface area contributed by atoms with Gasteiger partial charge in [0.05, 0.1) is 11.2 Å². The van der Waals surface area contributed by atoms with Crippen LogP contribution in [0.25, 0.3) is 10.9 Å². The Morgan fingerprint density at radius 2 is 1.86 bits per heavy atom. The Balaban J connectivity index is 2.22. The fourth-order valence-corrected chi connectivity index (χ4v) is 2.27. The average molecular weight is 285 g/mol. The molecule has 106 valence electrons. The van der Waals surface area contributed by atoms with E-state index in [1.54, 1.807) is 37.4 Å². The SMILES string of the molecule is Cc1cccc(F)c1Nc1c(F)cc(N)c2cccnc12. The summed E-state index contributed by atoms with van der Waals surface area (Å²) in [5, 5.41) is 3.43. The van der Waals surface area contributed by atoms with Crippen molar-refractivity contribution >= 4 is 28.0 Å². The molecule has 3 aromatic rings. The van der Waals surface area contributed by atoms with Crippen LogP contribution in [-0.4, -0.2) is 4.98 Å². The third-order valence-electron chi connectivity index (χ3n) is 3.35. The number of hydrogen-bond donors (Lipinski definition) is 2. The van der Waals surface area contributed by atoms with E-state index in [1.807, 2.05) is 0 Å². The highest BCUT2D eigenvalue weighted by molar-refractivity contribution is 5.99. The highest BCUT2D eigenvalue weighted by Crippen LogP contribution is 2.33. The molecule has 3 nitrogen and oxygen atoms in total. The molecule has 0 atom stereocenters. The highest BCUT2D eigenvalue weighted by atomic mass is 19.1. The summed E-state index contributed by atoms with van der Waals surface area (Å²) in [6.45, 7) is 1.75. The van der Waals surface area contributed by atoms with Crippen molar-refractivity contribution in [3.63, 3.8) is 0 Å². The third kappa shape index (κ3) is 2.27. The Bertz CT molecular complexity index is 811. The monoisotopic (exact) mass is 285 g/mol. The van der Waals surface area contributed by atoms with Crippen molar-refractivity contribution in [2.75, 3.05) is 11.1 Å². The fraction of sp³-hybridized carbons (Fsp3) is 0.0625. The van der Waals surface area contributed by atoms with E-state index in [9.17, 15) is 8.78 Å². The number of nitrogens with one attached hydrogen (secondary N) is 1. The van der Waals surface area contributed by atoms with Gasteiger partial charge in [0.2, 0.25) is 0 Å². The number of rotatable bonds is 2. The van der Waals surface area contributed by atoms with Crippen molar-refractivity contribution in [2.24, 2.45) is 0 Å². The number of aromatic nitrogens is 1. The Labute approximate surface area is 120 Å². The van der Waals surface area contributed by atoms with Gasteiger partial charge in [-0.15, -0.1) is 0 Å². The molecule has 3 N–H and O–H groups in total. The van der Waals surface area contributed by atoms with Crippen molar-refractivity contribution < 1.29 is 8.78 Å². The molecule has 0 fully saturated rings. The Morgan fingerprint density at radius 1 is 1.05 bits per heavy atom. The molecule has 21 heavy (non-hydrogen) atoms. The van der Waals surface area contributed by atoms with Crippen LogP contribution in [0.15, 0.2) is 42.6 Å². The first kappa shape index (κ1) is 13.3. The van der Waals surface area contributed by atoms with E-state index in [1.165, 1.54) is 12.1 Å². The second-order valence-electron chi connectivity index (χ2n) is 4.78. The van der Waals surface area contributed by atoms with Crippen molar-refractivity contribution in [2.45, 2.75) is 6.92 Å². The second-order valence-corrected chi connectivity index (χ2v) is 4.78. The summed E-state index contributed by atoms with van der Waals surface area (Å²) in [6.07, 6.45) is 1.54. The third-order valence-corrected chi connectivity index (χ3v) is 3.35. The molecule has 2 aromatic carbocycles. The van der Waals surface area contributed by atoms with Crippen LogP contribution in [0.5, 0.6) is 0 Å². The minimum atomic E-state index is -0.568. The molecule has 0 saturated heterocycles. The molecule has 3 rings (SSSR count). The van der Waals surface area contributed by atoms with E-state index in [2.05, 4.69) is 10.3 Å². The van der Waals surface area contributed by atoms with E-state index in [4.69, 9.17) is 5.73 Å². The molecule has 5 heteroatoms. The minimum absolute atomic E-state index is 0.119. The van der Waals surface area contributed by atoms with Crippen LogP contribution >= 0.6 is 0 Å². The van der Waals surface area contributed by atoms with Gasteiger partial charge < -0.3 is 11.1 Å². The van der Waals surface area contributed by atoms with E-state index >= 15 is 0 Å². The van der Waals surface area contributed by atoms with Crippen LogP contribution in [0.3, 0.4) is 0 Å². The van der Waals surface area contributed by atoms with E-state index in [-0.39, 0.29) is 11.4 Å². The first-order valence-corrected chi connectivity index (χ1v) is 6.43. The molecular formula is C16H13F2N3. The predicted octanol–water partition coefficient (Wildman–Crippen LogP) is 4.15.